The Kier molecular flexibility index (Phi) is 11.2. The first-order valence-corrected chi connectivity index (χ1v) is 13.7. The van der Waals surface area contributed by atoms with E-state index >= 15 is 0 Å². The molecule has 4 heterocycles. The molecule has 4 aliphatic rings. The molecule has 18 nitrogen and oxygen atoms in total. The molecule has 4 rings (SSSR count). The van der Waals surface area contributed by atoms with Gasteiger partial charge in [0.2, 0.25) is 0 Å². The molecule has 0 saturated carbocycles. The minimum absolute atomic E-state index is 0.743. The summed E-state index contributed by atoms with van der Waals surface area (Å²) < 4.78 is 38.3. The molecule has 0 aliphatic carbocycles. The Labute approximate surface area is 240 Å². The predicted octanol–water partition coefficient (Wildman–Crippen LogP) is -6.67. The van der Waals surface area contributed by atoms with Crippen LogP contribution < -0.4 is 0 Å². The zero-order valence-corrected chi connectivity index (χ0v) is 23.0. The maximum atomic E-state index is 11.0. The van der Waals surface area contributed by atoms with Gasteiger partial charge in [0.1, 0.15) is 79.4 Å². The Morgan fingerprint density at radius 2 is 0.810 bits per heavy atom. The molecule has 246 valence electrons. The smallest absolute Gasteiger partial charge is 0.187 e. The topological polar surface area (TPSA) is 287 Å². The van der Waals surface area contributed by atoms with Crippen molar-refractivity contribution in [2.75, 3.05) is 6.61 Å². The van der Waals surface area contributed by atoms with Gasteiger partial charge in [0.15, 0.2) is 25.2 Å². The van der Waals surface area contributed by atoms with E-state index in [9.17, 15) is 56.2 Å². The van der Waals surface area contributed by atoms with E-state index < -0.39 is 129 Å². The second-order valence-corrected chi connectivity index (χ2v) is 11.1. The van der Waals surface area contributed by atoms with E-state index in [2.05, 4.69) is 0 Å². The monoisotopic (exact) mass is 618 g/mol. The molecular weight excluding hydrogens is 576 g/mol. The van der Waals surface area contributed by atoms with Gasteiger partial charge in [0.05, 0.1) is 24.9 Å². The summed E-state index contributed by atoms with van der Waals surface area (Å²) in [6.45, 7) is 3.48. The summed E-state index contributed by atoms with van der Waals surface area (Å²) >= 11 is 0. The van der Waals surface area contributed by atoms with E-state index in [1.807, 2.05) is 0 Å². The van der Waals surface area contributed by atoms with Gasteiger partial charge in [-0.1, -0.05) is 0 Å². The molecule has 42 heavy (non-hydrogen) atoms. The van der Waals surface area contributed by atoms with Crippen molar-refractivity contribution in [3.8, 4) is 0 Å². The summed E-state index contributed by atoms with van der Waals surface area (Å²) in [7, 11) is 0. The molecule has 0 aromatic rings. The van der Waals surface area contributed by atoms with Crippen LogP contribution in [0.2, 0.25) is 0 Å². The average Bonchev–Trinajstić information content (AvgIpc) is 2.95. The number of ether oxygens (including phenoxy) is 7. The summed E-state index contributed by atoms with van der Waals surface area (Å²) in [5.41, 5.74) is 0. The van der Waals surface area contributed by atoms with Gasteiger partial charge in [-0.05, 0) is 20.8 Å². The molecule has 0 bridgehead atoms. The SMILES string of the molecule is C[C@@H]1O[C@@H](O)[C@H](O)[C@H](O[C@@H]2O[C@@H](C)[C@H](O)[C@@H](O[C@@H]3O[C@@H](C)[C@H](O)[C@@H](O[C@@H]4O[C@H](CO)[C@@H](O)[C@H](O)[C@H]4O)[C@H]3O)[C@H]2O)[C@H]1O. The molecule has 0 radical (unpaired) electrons. The van der Waals surface area contributed by atoms with Crippen LogP contribution in [0.15, 0.2) is 0 Å². The molecule has 4 saturated heterocycles. The minimum Gasteiger partial charge on any atom is -0.394 e. The fourth-order valence-corrected chi connectivity index (χ4v) is 5.36. The van der Waals surface area contributed by atoms with Crippen LogP contribution in [0.4, 0.5) is 0 Å². The van der Waals surface area contributed by atoms with E-state index in [0.29, 0.717) is 0 Å². The number of hydrogen-bond acceptors (Lipinski definition) is 18. The number of hydrogen-bond donors (Lipinski definition) is 11. The number of rotatable bonds is 7. The lowest BCUT2D eigenvalue weighted by molar-refractivity contribution is -0.385. The Morgan fingerprint density at radius 1 is 0.429 bits per heavy atom. The Bertz CT molecular complexity index is 853. The summed E-state index contributed by atoms with van der Waals surface area (Å²) in [5, 5.41) is 114. The molecular formula is C24H42O18. The maximum absolute atomic E-state index is 11.0. The second kappa shape index (κ2) is 13.7. The highest BCUT2D eigenvalue weighted by Crippen LogP contribution is 2.34. The van der Waals surface area contributed by atoms with Crippen LogP contribution in [0.1, 0.15) is 20.8 Å². The lowest BCUT2D eigenvalue weighted by Crippen LogP contribution is -2.66. The van der Waals surface area contributed by atoms with E-state index in [-0.39, 0.29) is 0 Å². The molecule has 4 fully saturated rings. The molecule has 0 amide bonds. The molecule has 0 aromatic heterocycles. The fourth-order valence-electron chi connectivity index (χ4n) is 5.36. The third-order valence-corrected chi connectivity index (χ3v) is 8.09. The highest BCUT2D eigenvalue weighted by Gasteiger charge is 2.54. The highest BCUT2D eigenvalue weighted by molar-refractivity contribution is 4.96. The van der Waals surface area contributed by atoms with Gasteiger partial charge in [0.25, 0.3) is 0 Å². The number of aliphatic hydroxyl groups is 11. The van der Waals surface area contributed by atoms with Crippen molar-refractivity contribution < 1.29 is 89.3 Å². The third kappa shape index (κ3) is 6.62. The van der Waals surface area contributed by atoms with Gasteiger partial charge >= 0.3 is 0 Å². The fraction of sp³-hybridized carbons (Fsp3) is 1.00. The molecule has 0 unspecified atom stereocenters. The van der Waals surface area contributed by atoms with Crippen molar-refractivity contribution >= 4 is 0 Å². The average molecular weight is 619 g/mol. The van der Waals surface area contributed by atoms with Gasteiger partial charge in [-0.2, -0.15) is 0 Å². The standard InChI is InChI=1S/C24H42O18/c1-5-9(26)18(15(32)21(35)36-5)40-23-17(34)20(11(28)7(3)37-23)42-24-16(33)19(10(27)6(2)38-24)41-22-14(31)13(30)12(29)8(4-25)39-22/h5-35H,4H2,1-3H3/t5-,6-,7-,8+,9-,10-,11-,12+,13-,14+,15+,16+,17+,18+,19+,20+,21+,22-,23-,24-/m0/s1. The van der Waals surface area contributed by atoms with Crippen LogP contribution in [0.25, 0.3) is 0 Å². The Balaban J connectivity index is 1.48. The Hall–Kier alpha value is -0.720. The Morgan fingerprint density at radius 3 is 1.24 bits per heavy atom. The van der Waals surface area contributed by atoms with Crippen molar-refractivity contribution in [1.29, 1.82) is 0 Å². The largest absolute Gasteiger partial charge is 0.394 e. The van der Waals surface area contributed by atoms with Gasteiger partial charge in [0, 0.05) is 0 Å². The summed E-state index contributed by atoms with van der Waals surface area (Å²) in [6.07, 6.45) is -31.0. The lowest BCUT2D eigenvalue weighted by Gasteiger charge is -2.48. The van der Waals surface area contributed by atoms with E-state index in [1.54, 1.807) is 0 Å². The lowest BCUT2D eigenvalue weighted by atomic mass is 9.96. The summed E-state index contributed by atoms with van der Waals surface area (Å²) in [5.74, 6) is 0. The van der Waals surface area contributed by atoms with Crippen molar-refractivity contribution in [2.45, 2.75) is 144 Å². The first kappa shape index (κ1) is 34.2. The zero-order chi connectivity index (χ0) is 31.2. The van der Waals surface area contributed by atoms with Crippen molar-refractivity contribution in [2.24, 2.45) is 0 Å². The van der Waals surface area contributed by atoms with Gasteiger partial charge in [-0.15, -0.1) is 0 Å². The molecule has 4 aliphatic heterocycles. The van der Waals surface area contributed by atoms with Gasteiger partial charge in [-0.3, -0.25) is 0 Å². The highest BCUT2D eigenvalue weighted by atomic mass is 16.8. The van der Waals surface area contributed by atoms with Gasteiger partial charge < -0.3 is 89.3 Å². The summed E-state index contributed by atoms with van der Waals surface area (Å²) in [6, 6.07) is 0. The normalized spacial score (nSPS) is 55.9. The van der Waals surface area contributed by atoms with Crippen LogP contribution in [-0.2, 0) is 33.2 Å². The molecule has 0 spiro atoms. The predicted molar refractivity (Wildman–Crippen MR) is 130 cm³/mol. The first-order chi connectivity index (χ1) is 19.7. The van der Waals surface area contributed by atoms with E-state index in [0.717, 1.165) is 0 Å². The van der Waals surface area contributed by atoms with Crippen molar-refractivity contribution in [1.82, 2.24) is 0 Å². The quantitative estimate of drug-likeness (QED) is 0.126. The summed E-state index contributed by atoms with van der Waals surface area (Å²) in [4.78, 5) is 0. The van der Waals surface area contributed by atoms with E-state index in [1.165, 1.54) is 20.8 Å². The van der Waals surface area contributed by atoms with Crippen LogP contribution in [0.5, 0.6) is 0 Å². The van der Waals surface area contributed by atoms with Crippen molar-refractivity contribution in [3.05, 3.63) is 0 Å². The maximum Gasteiger partial charge on any atom is 0.187 e. The van der Waals surface area contributed by atoms with Crippen LogP contribution >= 0.6 is 0 Å². The first-order valence-electron chi connectivity index (χ1n) is 13.7. The van der Waals surface area contributed by atoms with Crippen LogP contribution in [0, 0.1) is 0 Å². The minimum atomic E-state index is -1.85. The molecule has 20 atom stereocenters. The van der Waals surface area contributed by atoms with Crippen LogP contribution in [-0.4, -0.2) is 186 Å². The second-order valence-electron chi connectivity index (χ2n) is 11.1. The zero-order valence-electron chi connectivity index (χ0n) is 23.0. The molecule has 0 aromatic carbocycles. The van der Waals surface area contributed by atoms with Crippen molar-refractivity contribution in [3.63, 3.8) is 0 Å². The number of aliphatic hydroxyl groups excluding tert-OH is 11. The van der Waals surface area contributed by atoms with E-state index in [4.69, 9.17) is 33.2 Å². The van der Waals surface area contributed by atoms with Gasteiger partial charge in [-0.25, -0.2) is 0 Å². The molecule has 11 N–H and O–H groups in total. The molecule has 18 heteroatoms. The third-order valence-electron chi connectivity index (χ3n) is 8.09. The van der Waals surface area contributed by atoms with Crippen LogP contribution in [0.3, 0.4) is 0 Å².